The van der Waals surface area contributed by atoms with Crippen LogP contribution in [0.15, 0.2) is 30.6 Å². The van der Waals surface area contributed by atoms with Gasteiger partial charge in [0.25, 0.3) is 0 Å². The lowest BCUT2D eigenvalue weighted by atomic mass is 10.0. The molecule has 124 valence electrons. The summed E-state index contributed by atoms with van der Waals surface area (Å²) in [6, 6.07) is 6.50. The first kappa shape index (κ1) is 16.6. The van der Waals surface area contributed by atoms with Gasteiger partial charge in [-0.05, 0) is 38.1 Å². The van der Waals surface area contributed by atoms with E-state index >= 15 is 0 Å². The normalized spacial score (nSPS) is 15.9. The van der Waals surface area contributed by atoms with Crippen molar-refractivity contribution in [3.63, 3.8) is 0 Å². The first-order valence-corrected chi connectivity index (χ1v) is 8.21. The Bertz CT molecular complexity index is 735. The number of benzene rings is 1. The molecule has 1 fully saturated rings. The van der Waals surface area contributed by atoms with Crippen molar-refractivity contribution in [1.29, 1.82) is 5.26 Å². The van der Waals surface area contributed by atoms with Crippen molar-refractivity contribution < 1.29 is 4.39 Å². The third-order valence-electron chi connectivity index (χ3n) is 4.18. The second-order valence-electron chi connectivity index (χ2n) is 5.64. The molecule has 2 aromatic rings. The third kappa shape index (κ3) is 3.48. The number of nitrogens with zero attached hydrogens (tertiary/aromatic N) is 4. The van der Waals surface area contributed by atoms with Crippen molar-refractivity contribution in [2.75, 3.05) is 25.0 Å². The number of anilines is 1. The van der Waals surface area contributed by atoms with Crippen molar-refractivity contribution in [2.45, 2.75) is 18.9 Å². The summed E-state index contributed by atoms with van der Waals surface area (Å²) in [4.78, 5) is 10.3. The number of halogens is 2. The fourth-order valence-electron chi connectivity index (χ4n) is 3.04. The van der Waals surface area contributed by atoms with E-state index in [0.29, 0.717) is 22.9 Å². The molecule has 1 aliphatic rings. The van der Waals surface area contributed by atoms with Crippen LogP contribution < -0.4 is 5.32 Å². The molecular weight excluding hydrogens is 329 g/mol. The average molecular weight is 346 g/mol. The predicted molar refractivity (Wildman–Crippen MR) is 90.2 cm³/mol. The van der Waals surface area contributed by atoms with Crippen LogP contribution in [-0.4, -0.2) is 34.5 Å². The lowest BCUT2D eigenvalue weighted by molar-refractivity contribution is 0.250. The second-order valence-corrected chi connectivity index (χ2v) is 6.05. The van der Waals surface area contributed by atoms with Crippen LogP contribution in [0, 0.1) is 17.1 Å². The fraction of sp³-hybridized carbons (Fsp3) is 0.353. The van der Waals surface area contributed by atoms with Gasteiger partial charge in [0.05, 0.1) is 6.04 Å². The summed E-state index contributed by atoms with van der Waals surface area (Å²) in [6.07, 6.45) is 5.15. The van der Waals surface area contributed by atoms with Gasteiger partial charge in [0.15, 0.2) is 11.5 Å². The van der Waals surface area contributed by atoms with E-state index in [1.54, 1.807) is 12.1 Å². The predicted octanol–water partition coefficient (Wildman–Crippen LogP) is 3.39. The Kier molecular flexibility index (Phi) is 5.24. The summed E-state index contributed by atoms with van der Waals surface area (Å²) < 4.78 is 14.4. The summed E-state index contributed by atoms with van der Waals surface area (Å²) in [6.45, 7) is 2.18. The molecule has 1 aliphatic heterocycles. The van der Waals surface area contributed by atoms with Gasteiger partial charge in [0.1, 0.15) is 11.9 Å². The molecule has 0 spiro atoms. The molecule has 0 saturated carbocycles. The number of aromatic nitrogens is 2. The van der Waals surface area contributed by atoms with E-state index < -0.39 is 0 Å². The van der Waals surface area contributed by atoms with Crippen LogP contribution in [0.3, 0.4) is 0 Å². The molecule has 24 heavy (non-hydrogen) atoms. The minimum atomic E-state index is -0.319. The first-order chi connectivity index (χ1) is 11.7. The maximum absolute atomic E-state index is 14.4. The topological polar surface area (TPSA) is 64.8 Å². The van der Waals surface area contributed by atoms with Gasteiger partial charge in [-0.3, -0.25) is 4.90 Å². The van der Waals surface area contributed by atoms with Crippen LogP contribution >= 0.6 is 11.6 Å². The highest BCUT2D eigenvalue weighted by Gasteiger charge is 2.27. The Morgan fingerprint density at radius 2 is 2.04 bits per heavy atom. The van der Waals surface area contributed by atoms with Gasteiger partial charge in [0, 0.05) is 29.5 Å². The third-order valence-corrected chi connectivity index (χ3v) is 4.51. The minimum Gasteiger partial charge on any atom is -0.366 e. The van der Waals surface area contributed by atoms with Crippen molar-refractivity contribution >= 4 is 17.4 Å². The molecule has 0 radical (unpaired) electrons. The highest BCUT2D eigenvalue weighted by molar-refractivity contribution is 6.31. The van der Waals surface area contributed by atoms with Gasteiger partial charge in [-0.1, -0.05) is 17.7 Å². The smallest absolute Gasteiger partial charge is 0.182 e. The Labute approximate surface area is 145 Å². The van der Waals surface area contributed by atoms with Crippen LogP contribution in [0.2, 0.25) is 5.02 Å². The zero-order valence-electron chi connectivity index (χ0n) is 13.0. The summed E-state index contributed by atoms with van der Waals surface area (Å²) in [5, 5.41) is 12.7. The summed E-state index contributed by atoms with van der Waals surface area (Å²) in [7, 11) is 0. The molecule has 0 aliphatic carbocycles. The van der Waals surface area contributed by atoms with Crippen molar-refractivity contribution in [1.82, 2.24) is 14.9 Å². The number of nitrogens with one attached hydrogen (secondary N) is 1. The zero-order valence-corrected chi connectivity index (χ0v) is 13.8. The van der Waals surface area contributed by atoms with E-state index in [0.717, 1.165) is 25.9 Å². The standard InChI is InChI=1S/C17H17ClFN5/c18-12-4-3-5-13(19)16(12)15(24-8-1-2-9-24)11-23-17-14(10-20)21-6-7-22-17/h3-7,15H,1-2,8-9,11H2,(H,22,23). The maximum atomic E-state index is 14.4. The number of hydrogen-bond donors (Lipinski definition) is 1. The summed E-state index contributed by atoms with van der Waals surface area (Å²) in [5.74, 6) is 0.0810. The Hall–Kier alpha value is -2.23. The number of hydrogen-bond acceptors (Lipinski definition) is 5. The monoisotopic (exact) mass is 345 g/mol. The van der Waals surface area contributed by atoms with Gasteiger partial charge in [0.2, 0.25) is 0 Å². The molecule has 1 aromatic carbocycles. The molecule has 2 heterocycles. The first-order valence-electron chi connectivity index (χ1n) is 7.83. The van der Waals surface area contributed by atoms with Crippen LogP contribution in [-0.2, 0) is 0 Å². The molecule has 1 aromatic heterocycles. The molecule has 7 heteroatoms. The lowest BCUT2D eigenvalue weighted by Gasteiger charge is -2.29. The SMILES string of the molecule is N#Cc1nccnc1NCC(c1c(F)cccc1Cl)N1CCCC1. The van der Waals surface area contributed by atoms with Crippen LogP contribution in [0.25, 0.3) is 0 Å². The maximum Gasteiger partial charge on any atom is 0.182 e. The van der Waals surface area contributed by atoms with Gasteiger partial charge >= 0.3 is 0 Å². The Balaban J connectivity index is 1.87. The highest BCUT2D eigenvalue weighted by Crippen LogP contribution is 2.32. The molecular formula is C17H17ClFN5. The summed E-state index contributed by atoms with van der Waals surface area (Å²) >= 11 is 6.27. The molecule has 1 atom stereocenters. The van der Waals surface area contributed by atoms with Gasteiger partial charge in [-0.25, -0.2) is 14.4 Å². The number of nitriles is 1. The Morgan fingerprint density at radius 3 is 2.75 bits per heavy atom. The van der Waals surface area contributed by atoms with E-state index in [9.17, 15) is 4.39 Å². The van der Waals surface area contributed by atoms with Crippen molar-refractivity contribution in [3.8, 4) is 6.07 Å². The molecule has 5 nitrogen and oxygen atoms in total. The van der Waals surface area contributed by atoms with E-state index in [4.69, 9.17) is 16.9 Å². The molecule has 1 saturated heterocycles. The molecule has 0 bridgehead atoms. The molecule has 1 unspecified atom stereocenters. The van der Waals surface area contributed by atoms with Gasteiger partial charge in [-0.15, -0.1) is 0 Å². The van der Waals surface area contributed by atoms with Crippen LogP contribution in [0.5, 0.6) is 0 Å². The lowest BCUT2D eigenvalue weighted by Crippen LogP contribution is -2.32. The zero-order chi connectivity index (χ0) is 16.9. The Morgan fingerprint density at radius 1 is 1.29 bits per heavy atom. The molecule has 3 rings (SSSR count). The minimum absolute atomic E-state index is 0.220. The van der Waals surface area contributed by atoms with E-state index in [2.05, 4.69) is 20.2 Å². The number of likely N-dealkylation sites (tertiary alicyclic amines) is 1. The van der Waals surface area contributed by atoms with Crippen LogP contribution in [0.4, 0.5) is 10.2 Å². The quantitative estimate of drug-likeness (QED) is 0.899. The number of rotatable bonds is 5. The fourth-order valence-corrected chi connectivity index (χ4v) is 3.33. The van der Waals surface area contributed by atoms with Crippen molar-refractivity contribution in [3.05, 3.63) is 52.7 Å². The summed E-state index contributed by atoms with van der Waals surface area (Å²) in [5.41, 5.74) is 0.702. The van der Waals surface area contributed by atoms with E-state index in [1.807, 2.05) is 6.07 Å². The largest absolute Gasteiger partial charge is 0.366 e. The van der Waals surface area contributed by atoms with Crippen molar-refractivity contribution in [2.24, 2.45) is 0 Å². The molecule has 0 amide bonds. The highest BCUT2D eigenvalue weighted by atomic mass is 35.5. The van der Waals surface area contributed by atoms with Gasteiger partial charge in [-0.2, -0.15) is 5.26 Å². The van der Waals surface area contributed by atoms with E-state index in [-0.39, 0.29) is 17.6 Å². The second kappa shape index (κ2) is 7.56. The average Bonchev–Trinajstić information content (AvgIpc) is 3.12. The van der Waals surface area contributed by atoms with Crippen LogP contribution in [0.1, 0.15) is 30.1 Å². The van der Waals surface area contributed by atoms with Gasteiger partial charge < -0.3 is 5.32 Å². The van der Waals surface area contributed by atoms with E-state index in [1.165, 1.54) is 18.5 Å². The molecule has 1 N–H and O–H groups in total.